The molecule has 2 N–H and O–H groups in total. The summed E-state index contributed by atoms with van der Waals surface area (Å²) in [6.45, 7) is 15.0. The number of unbranched alkanes of at least 4 members (excludes halogenated alkanes) is 9. The van der Waals surface area contributed by atoms with Crippen molar-refractivity contribution in [1.29, 1.82) is 0 Å². The molecule has 0 aliphatic carbocycles. The maximum atomic E-state index is 12.5. The molecule has 0 radical (unpaired) electrons. The van der Waals surface area contributed by atoms with E-state index in [4.69, 9.17) is 25.5 Å². The molecular formula is C28H53N2O6PS2Si. The first kappa shape index (κ1) is 35.9. The molecule has 4 atom stereocenters. The molecule has 0 amide bonds. The van der Waals surface area contributed by atoms with Gasteiger partial charge >= 0.3 is 5.69 Å². The predicted molar refractivity (Wildman–Crippen MR) is 173 cm³/mol. The van der Waals surface area contributed by atoms with E-state index in [1.165, 1.54) is 73.5 Å². The molecule has 0 bridgehead atoms. The fourth-order valence-electron chi connectivity index (χ4n) is 4.41. The van der Waals surface area contributed by atoms with Crippen molar-refractivity contribution in [3.8, 4) is 0 Å². The van der Waals surface area contributed by atoms with E-state index in [9.17, 15) is 14.5 Å². The number of hydrogen-bond acceptors (Lipinski definition) is 7. The van der Waals surface area contributed by atoms with Crippen LogP contribution in [-0.2, 0) is 25.5 Å². The van der Waals surface area contributed by atoms with Gasteiger partial charge in [-0.15, -0.1) is 0 Å². The molecule has 1 saturated heterocycles. The summed E-state index contributed by atoms with van der Waals surface area (Å²) in [5.41, 5.74) is -3.66. The Hall–Kier alpha value is -0.263. The van der Waals surface area contributed by atoms with Gasteiger partial charge in [-0.2, -0.15) is 0 Å². The fourth-order valence-corrected chi connectivity index (χ4v) is 9.21. The molecule has 2 heterocycles. The average Bonchev–Trinajstić information content (AvgIpc) is 3.24. The third-order valence-electron chi connectivity index (χ3n) is 8.07. The Labute approximate surface area is 251 Å². The Bertz CT molecular complexity index is 1070. The zero-order valence-corrected chi connectivity index (χ0v) is 29.2. The molecule has 1 aliphatic rings. The number of H-pyrrole nitrogens is 1. The topological polar surface area (TPSA) is 103 Å². The lowest BCUT2D eigenvalue weighted by atomic mass is 10.1. The average molecular weight is 637 g/mol. The summed E-state index contributed by atoms with van der Waals surface area (Å²) >= 11 is 6.88. The van der Waals surface area contributed by atoms with Crippen LogP contribution < -0.4 is 11.2 Å². The minimum Gasteiger partial charge on any atom is -0.414 e. The van der Waals surface area contributed by atoms with Crippen molar-refractivity contribution < 1.29 is 18.6 Å². The van der Waals surface area contributed by atoms with E-state index in [1.54, 1.807) is 6.92 Å². The highest BCUT2D eigenvalue weighted by Gasteiger charge is 2.43. The van der Waals surface area contributed by atoms with Crippen molar-refractivity contribution in [3.63, 3.8) is 0 Å². The molecule has 0 saturated carbocycles. The minimum atomic E-state index is -3.12. The smallest absolute Gasteiger partial charge is 0.330 e. The van der Waals surface area contributed by atoms with Gasteiger partial charge in [0.05, 0.1) is 12.7 Å². The van der Waals surface area contributed by atoms with Crippen LogP contribution in [0, 0.1) is 6.92 Å². The molecule has 2 rings (SSSR count). The van der Waals surface area contributed by atoms with Gasteiger partial charge in [-0.1, -0.05) is 96.9 Å². The highest BCUT2D eigenvalue weighted by atomic mass is 32.9. The summed E-state index contributed by atoms with van der Waals surface area (Å²) in [6.07, 6.45) is 12.7. The van der Waals surface area contributed by atoms with E-state index in [0.29, 0.717) is 12.0 Å². The van der Waals surface area contributed by atoms with Crippen LogP contribution in [0.3, 0.4) is 0 Å². The van der Waals surface area contributed by atoms with Gasteiger partial charge in [0.2, 0.25) is 5.69 Å². The van der Waals surface area contributed by atoms with Crippen LogP contribution in [0.2, 0.25) is 18.1 Å². The van der Waals surface area contributed by atoms with Crippen molar-refractivity contribution in [3.05, 3.63) is 32.6 Å². The summed E-state index contributed by atoms with van der Waals surface area (Å²) in [7, 11) is -2.07. The van der Waals surface area contributed by atoms with Crippen LogP contribution in [0.25, 0.3) is 0 Å². The Morgan fingerprint density at radius 1 is 1.12 bits per heavy atom. The highest BCUT2D eigenvalue weighted by molar-refractivity contribution is 8.67. The molecule has 1 aliphatic heterocycles. The molecule has 12 heteroatoms. The van der Waals surface area contributed by atoms with Crippen LogP contribution >= 0.6 is 17.1 Å². The summed E-state index contributed by atoms with van der Waals surface area (Å²) in [5, 5.41) is 0.0188. The molecule has 1 aromatic rings. The van der Waals surface area contributed by atoms with Crippen molar-refractivity contribution >= 4 is 37.2 Å². The van der Waals surface area contributed by atoms with Gasteiger partial charge in [-0.05, 0) is 43.3 Å². The Morgan fingerprint density at radius 3 is 2.27 bits per heavy atom. The van der Waals surface area contributed by atoms with E-state index in [0.717, 1.165) is 18.6 Å². The van der Waals surface area contributed by atoms with Gasteiger partial charge in [0.25, 0.3) is 5.56 Å². The maximum absolute atomic E-state index is 12.5. The normalized spacial score (nSPS) is 21.6. The molecule has 1 fully saturated rings. The van der Waals surface area contributed by atoms with Crippen LogP contribution in [0.5, 0.6) is 0 Å². The molecule has 40 heavy (non-hydrogen) atoms. The third-order valence-corrected chi connectivity index (χ3v) is 16.9. The number of aromatic nitrogens is 2. The van der Waals surface area contributed by atoms with Crippen molar-refractivity contribution in [2.75, 3.05) is 12.4 Å². The van der Waals surface area contributed by atoms with Gasteiger partial charge in [-0.3, -0.25) is 14.3 Å². The van der Waals surface area contributed by atoms with Crippen LogP contribution in [0.1, 0.15) is 110 Å². The number of nitrogens with one attached hydrogen (secondary N) is 1. The zero-order chi connectivity index (χ0) is 30.0. The SMILES string of the molecule is CCCCCCCCCCCCSP(O)(=S)O[C@H]1C[C@H](n2cc(C)c(=O)[nH]c2=O)O[C@@H]1CO[Si](C)(C)C(C)(C)C. The molecule has 1 unspecified atom stereocenters. The van der Waals surface area contributed by atoms with Gasteiger partial charge < -0.3 is 18.6 Å². The first-order chi connectivity index (χ1) is 18.7. The standard InChI is InChI=1S/C28H53N2O6PS2Si/c1-8-9-10-11-12-13-14-15-16-17-18-39-37(33,38)36-23-19-25(30-20-22(2)26(31)29-27(30)32)35-24(23)21-34-40(6,7)28(3,4)5/h20,23-25H,8-19,21H2,1-7H3,(H,33,38)(H,29,31,32)/t23-,24+,25+,37?/m0/s1. The predicted octanol–water partition coefficient (Wildman–Crippen LogP) is 7.41. The van der Waals surface area contributed by atoms with Crippen LogP contribution in [0.15, 0.2) is 15.8 Å². The minimum absolute atomic E-state index is 0.0188. The second-order valence-corrected chi connectivity index (χ2v) is 23.6. The van der Waals surface area contributed by atoms with Gasteiger partial charge in [-0.25, -0.2) is 4.79 Å². The second-order valence-electron chi connectivity index (χ2n) is 12.5. The van der Waals surface area contributed by atoms with E-state index in [2.05, 4.69) is 45.8 Å². The Morgan fingerprint density at radius 2 is 1.70 bits per heavy atom. The van der Waals surface area contributed by atoms with Crippen molar-refractivity contribution in [1.82, 2.24) is 9.55 Å². The first-order valence-corrected chi connectivity index (χ1v) is 22.1. The molecule has 1 aromatic heterocycles. The maximum Gasteiger partial charge on any atom is 0.330 e. The highest BCUT2D eigenvalue weighted by Crippen LogP contribution is 2.59. The lowest BCUT2D eigenvalue weighted by Crippen LogP contribution is -2.44. The van der Waals surface area contributed by atoms with E-state index in [-0.39, 0.29) is 11.6 Å². The second kappa shape index (κ2) is 16.5. The molecule has 8 nitrogen and oxygen atoms in total. The molecule has 232 valence electrons. The van der Waals surface area contributed by atoms with Crippen molar-refractivity contribution in [2.45, 2.75) is 142 Å². The molecule has 0 spiro atoms. The molecular weight excluding hydrogens is 584 g/mol. The van der Waals surface area contributed by atoms with Gasteiger partial charge in [0, 0.05) is 23.9 Å². The van der Waals surface area contributed by atoms with Crippen LogP contribution in [-0.4, -0.2) is 47.3 Å². The summed E-state index contributed by atoms with van der Waals surface area (Å²) < 4.78 is 20.2. The lowest BCUT2D eigenvalue weighted by Gasteiger charge is -2.37. The van der Waals surface area contributed by atoms with Gasteiger partial charge in [0.1, 0.15) is 12.3 Å². The summed E-state index contributed by atoms with van der Waals surface area (Å²) in [5.74, 6) is 0.755. The Kier molecular flexibility index (Phi) is 14.9. The largest absolute Gasteiger partial charge is 0.414 e. The number of aromatic amines is 1. The summed E-state index contributed by atoms with van der Waals surface area (Å²) in [4.78, 5) is 37.8. The number of hydrogen-bond donors (Lipinski definition) is 2. The monoisotopic (exact) mass is 636 g/mol. The third kappa shape index (κ3) is 11.8. The lowest BCUT2D eigenvalue weighted by molar-refractivity contribution is -0.0390. The number of rotatable bonds is 18. The first-order valence-electron chi connectivity index (χ1n) is 14.9. The quantitative estimate of drug-likeness (QED) is 0.0976. The van der Waals surface area contributed by atoms with E-state index in [1.807, 2.05) is 0 Å². The molecule has 0 aromatic carbocycles. The Balaban J connectivity index is 1.94. The van der Waals surface area contributed by atoms with Gasteiger partial charge in [0.15, 0.2) is 8.32 Å². The number of aryl methyl sites for hydroxylation is 1. The van der Waals surface area contributed by atoms with Crippen molar-refractivity contribution in [2.24, 2.45) is 0 Å². The summed E-state index contributed by atoms with van der Waals surface area (Å²) in [6, 6.07) is 0. The number of ether oxygens (including phenoxy) is 1. The number of nitrogens with zero attached hydrogens (tertiary/aromatic N) is 1. The van der Waals surface area contributed by atoms with E-state index < -0.39 is 43.7 Å². The van der Waals surface area contributed by atoms with E-state index >= 15 is 0 Å². The fraction of sp³-hybridized carbons (Fsp3) is 0.857. The van der Waals surface area contributed by atoms with Crippen LogP contribution in [0.4, 0.5) is 0 Å². The zero-order valence-electron chi connectivity index (χ0n) is 25.7.